The molecule has 0 aliphatic carbocycles. The molecule has 21 heavy (non-hydrogen) atoms. The van der Waals surface area contributed by atoms with Crippen molar-refractivity contribution in [3.8, 4) is 0 Å². The van der Waals surface area contributed by atoms with Crippen LogP contribution in [0.3, 0.4) is 0 Å². The second-order valence-corrected chi connectivity index (χ2v) is 5.51. The number of anilines is 1. The Balaban J connectivity index is 1.95. The third-order valence-electron chi connectivity index (χ3n) is 3.90. The Hall–Kier alpha value is -1.62. The van der Waals surface area contributed by atoms with E-state index in [9.17, 15) is 9.18 Å². The van der Waals surface area contributed by atoms with Crippen molar-refractivity contribution in [2.45, 2.75) is 25.7 Å². The first kappa shape index (κ1) is 15.8. The number of nitrogens with zero attached hydrogens (tertiary/aromatic N) is 2. The fourth-order valence-electron chi connectivity index (χ4n) is 2.72. The largest absolute Gasteiger partial charge is 0.481 e. The Morgan fingerprint density at radius 1 is 1.24 bits per heavy atom. The molecule has 0 unspecified atom stereocenters. The van der Waals surface area contributed by atoms with Gasteiger partial charge < -0.3 is 14.9 Å². The second kappa shape index (κ2) is 7.98. The van der Waals surface area contributed by atoms with E-state index in [1.165, 1.54) is 31.4 Å². The number of piperidine rings is 1. The van der Waals surface area contributed by atoms with E-state index in [2.05, 4.69) is 4.90 Å². The van der Waals surface area contributed by atoms with Crippen molar-refractivity contribution in [3.63, 3.8) is 0 Å². The molecule has 1 saturated heterocycles. The number of likely N-dealkylation sites (tertiary alicyclic amines) is 1. The van der Waals surface area contributed by atoms with Gasteiger partial charge >= 0.3 is 5.97 Å². The number of halogens is 1. The summed E-state index contributed by atoms with van der Waals surface area (Å²) in [6, 6.07) is 6.38. The Morgan fingerprint density at radius 3 is 2.67 bits per heavy atom. The summed E-state index contributed by atoms with van der Waals surface area (Å²) in [6.45, 7) is 4.26. The summed E-state index contributed by atoms with van der Waals surface area (Å²) < 4.78 is 13.4. The van der Waals surface area contributed by atoms with Crippen LogP contribution in [0.2, 0.25) is 0 Å². The van der Waals surface area contributed by atoms with E-state index in [1.807, 2.05) is 11.0 Å². The van der Waals surface area contributed by atoms with Crippen LogP contribution in [0.25, 0.3) is 0 Å². The topological polar surface area (TPSA) is 43.8 Å². The number of carboxylic acid groups (broad SMARTS) is 1. The lowest BCUT2D eigenvalue weighted by molar-refractivity contribution is -0.136. The van der Waals surface area contributed by atoms with Crippen LogP contribution in [0.4, 0.5) is 10.1 Å². The average Bonchev–Trinajstić information content (AvgIpc) is 2.48. The number of benzene rings is 1. The van der Waals surface area contributed by atoms with Crippen molar-refractivity contribution >= 4 is 11.7 Å². The van der Waals surface area contributed by atoms with E-state index in [4.69, 9.17) is 5.11 Å². The summed E-state index contributed by atoms with van der Waals surface area (Å²) in [5.74, 6) is -1.11. The molecule has 116 valence electrons. The van der Waals surface area contributed by atoms with Crippen LogP contribution >= 0.6 is 0 Å². The highest BCUT2D eigenvalue weighted by atomic mass is 19.1. The highest BCUT2D eigenvalue weighted by molar-refractivity contribution is 5.67. The molecule has 0 aromatic heterocycles. The van der Waals surface area contributed by atoms with Crippen LogP contribution in [-0.2, 0) is 4.79 Å². The first-order chi connectivity index (χ1) is 10.1. The maximum Gasteiger partial charge on any atom is 0.305 e. The molecule has 0 amide bonds. The van der Waals surface area contributed by atoms with Gasteiger partial charge in [-0.05, 0) is 44.1 Å². The van der Waals surface area contributed by atoms with Gasteiger partial charge in [-0.3, -0.25) is 4.79 Å². The van der Waals surface area contributed by atoms with Crippen LogP contribution < -0.4 is 4.90 Å². The minimum atomic E-state index is -0.825. The van der Waals surface area contributed by atoms with Crippen molar-refractivity contribution in [1.29, 1.82) is 0 Å². The Labute approximate surface area is 125 Å². The van der Waals surface area contributed by atoms with Gasteiger partial charge in [0.15, 0.2) is 0 Å². The van der Waals surface area contributed by atoms with E-state index >= 15 is 0 Å². The summed E-state index contributed by atoms with van der Waals surface area (Å²) in [5.41, 5.74) is 0.758. The Kier molecular flexibility index (Phi) is 5.99. The van der Waals surface area contributed by atoms with Crippen molar-refractivity contribution in [2.24, 2.45) is 0 Å². The highest BCUT2D eigenvalue weighted by Crippen LogP contribution is 2.16. The summed E-state index contributed by atoms with van der Waals surface area (Å²) in [4.78, 5) is 15.2. The molecule has 4 nitrogen and oxygen atoms in total. The number of hydrogen-bond donors (Lipinski definition) is 1. The van der Waals surface area contributed by atoms with Gasteiger partial charge in [0.25, 0.3) is 0 Å². The van der Waals surface area contributed by atoms with Crippen molar-refractivity contribution in [2.75, 3.05) is 37.6 Å². The predicted molar refractivity (Wildman–Crippen MR) is 81.2 cm³/mol. The molecule has 0 bridgehead atoms. The monoisotopic (exact) mass is 294 g/mol. The third kappa shape index (κ3) is 5.34. The van der Waals surface area contributed by atoms with Gasteiger partial charge in [0.2, 0.25) is 0 Å². The fourth-order valence-corrected chi connectivity index (χ4v) is 2.72. The molecule has 1 aromatic carbocycles. The van der Waals surface area contributed by atoms with Gasteiger partial charge in [0.05, 0.1) is 6.42 Å². The van der Waals surface area contributed by atoms with Crippen LogP contribution in [0.5, 0.6) is 0 Å². The Morgan fingerprint density at radius 2 is 2.00 bits per heavy atom. The smallest absolute Gasteiger partial charge is 0.305 e. The van der Waals surface area contributed by atoms with Crippen LogP contribution in [0.15, 0.2) is 24.3 Å². The maximum absolute atomic E-state index is 13.4. The molecule has 1 aromatic rings. The standard InChI is InChI=1S/C16H23FN2O2/c17-14-5-4-6-15(13-14)19(10-7-16(20)21)12-11-18-8-2-1-3-9-18/h4-6,13H,1-3,7-12H2,(H,20,21). The Bertz CT molecular complexity index is 461. The number of carbonyl (C=O) groups is 1. The highest BCUT2D eigenvalue weighted by Gasteiger charge is 2.14. The van der Waals surface area contributed by atoms with E-state index in [-0.39, 0.29) is 12.2 Å². The van der Waals surface area contributed by atoms with E-state index in [0.717, 1.165) is 31.9 Å². The molecule has 5 heteroatoms. The lowest BCUT2D eigenvalue weighted by Crippen LogP contribution is -2.38. The van der Waals surface area contributed by atoms with Crippen LogP contribution in [-0.4, -0.2) is 48.7 Å². The van der Waals surface area contributed by atoms with Gasteiger partial charge in [-0.15, -0.1) is 0 Å². The van der Waals surface area contributed by atoms with Crippen LogP contribution in [0.1, 0.15) is 25.7 Å². The van der Waals surface area contributed by atoms with Gasteiger partial charge in [0.1, 0.15) is 5.82 Å². The van der Waals surface area contributed by atoms with Crippen molar-refractivity contribution < 1.29 is 14.3 Å². The quantitative estimate of drug-likeness (QED) is 0.839. The molecule has 0 saturated carbocycles. The van der Waals surface area contributed by atoms with Gasteiger partial charge in [-0.1, -0.05) is 12.5 Å². The third-order valence-corrected chi connectivity index (χ3v) is 3.90. The molecule has 2 rings (SSSR count). The van der Waals surface area contributed by atoms with Gasteiger partial charge in [-0.25, -0.2) is 4.39 Å². The van der Waals surface area contributed by atoms with Gasteiger partial charge in [-0.2, -0.15) is 0 Å². The molecule has 0 radical (unpaired) electrons. The predicted octanol–water partition coefficient (Wildman–Crippen LogP) is 2.59. The van der Waals surface area contributed by atoms with E-state index in [0.29, 0.717) is 6.54 Å². The number of aliphatic carboxylic acids is 1. The molecule has 1 N–H and O–H groups in total. The van der Waals surface area contributed by atoms with Crippen molar-refractivity contribution in [3.05, 3.63) is 30.1 Å². The number of rotatable bonds is 7. The summed E-state index contributed by atoms with van der Waals surface area (Å²) >= 11 is 0. The molecule has 1 aliphatic heterocycles. The molecular weight excluding hydrogens is 271 g/mol. The lowest BCUT2D eigenvalue weighted by atomic mass is 10.1. The first-order valence-corrected chi connectivity index (χ1v) is 7.60. The molecule has 0 spiro atoms. The van der Waals surface area contributed by atoms with E-state index in [1.54, 1.807) is 6.07 Å². The zero-order valence-electron chi connectivity index (χ0n) is 12.3. The number of carboxylic acids is 1. The van der Waals surface area contributed by atoms with E-state index < -0.39 is 5.97 Å². The van der Waals surface area contributed by atoms with Gasteiger partial charge in [0, 0.05) is 25.3 Å². The zero-order chi connectivity index (χ0) is 15.1. The summed E-state index contributed by atoms with van der Waals surface area (Å²) in [5, 5.41) is 8.87. The van der Waals surface area contributed by atoms with Crippen molar-refractivity contribution in [1.82, 2.24) is 4.90 Å². The molecule has 1 fully saturated rings. The SMILES string of the molecule is O=C(O)CCN(CCN1CCCCC1)c1cccc(F)c1. The lowest BCUT2D eigenvalue weighted by Gasteiger charge is -2.31. The normalized spacial score (nSPS) is 15.9. The van der Waals surface area contributed by atoms with Crippen LogP contribution in [0, 0.1) is 5.82 Å². The summed E-state index contributed by atoms with van der Waals surface area (Å²) in [6.07, 6.45) is 3.82. The molecule has 0 atom stereocenters. The molecule has 1 heterocycles. The minimum absolute atomic E-state index is 0.0660. The fraction of sp³-hybridized carbons (Fsp3) is 0.562. The number of hydrogen-bond acceptors (Lipinski definition) is 3. The maximum atomic E-state index is 13.4. The minimum Gasteiger partial charge on any atom is -0.481 e. The molecule has 1 aliphatic rings. The summed E-state index contributed by atoms with van der Waals surface area (Å²) in [7, 11) is 0. The average molecular weight is 294 g/mol. The first-order valence-electron chi connectivity index (χ1n) is 7.60. The zero-order valence-corrected chi connectivity index (χ0v) is 12.3. The second-order valence-electron chi connectivity index (χ2n) is 5.51. The molecular formula is C16H23FN2O2.